The van der Waals surface area contributed by atoms with E-state index in [4.69, 9.17) is 4.74 Å². The topological polar surface area (TPSA) is 55.3 Å². The van der Waals surface area contributed by atoms with Gasteiger partial charge in [-0.25, -0.2) is 14.8 Å². The highest BCUT2D eigenvalue weighted by molar-refractivity contribution is 7.20. The number of nitrogens with zero attached hydrogens (tertiary/aromatic N) is 3. The summed E-state index contributed by atoms with van der Waals surface area (Å²) in [5, 5.41) is 0.860. The van der Waals surface area contributed by atoms with Crippen LogP contribution in [0.25, 0.3) is 10.2 Å². The second kappa shape index (κ2) is 6.11. The predicted molar refractivity (Wildman–Crippen MR) is 87.9 cm³/mol. The molecule has 22 heavy (non-hydrogen) atoms. The first kappa shape index (κ1) is 14.5. The number of benzene rings is 1. The van der Waals surface area contributed by atoms with Crippen molar-refractivity contribution >= 4 is 39.0 Å². The van der Waals surface area contributed by atoms with Crippen LogP contribution in [0.15, 0.2) is 42.7 Å². The number of methoxy groups -OCH3 is 1. The van der Waals surface area contributed by atoms with Crippen molar-refractivity contribution in [1.29, 1.82) is 0 Å². The second-order valence-electron chi connectivity index (χ2n) is 4.60. The molecular formula is C16H15N3O2S. The molecule has 0 aliphatic carbocycles. The second-order valence-corrected chi connectivity index (χ2v) is 5.63. The van der Waals surface area contributed by atoms with Crippen molar-refractivity contribution in [3.05, 3.63) is 47.6 Å². The lowest BCUT2D eigenvalue weighted by Gasteiger charge is -2.22. The van der Waals surface area contributed by atoms with Gasteiger partial charge in [0.15, 0.2) is 0 Å². The SMILES string of the molecule is CCN(c1ccccc1)c1ncnc2sc(C(=O)OC)cc12. The molecule has 0 fully saturated rings. The Morgan fingerprint density at radius 3 is 2.73 bits per heavy atom. The van der Waals surface area contributed by atoms with E-state index in [1.165, 1.54) is 24.8 Å². The zero-order valence-corrected chi connectivity index (χ0v) is 13.1. The largest absolute Gasteiger partial charge is 0.465 e. The number of aromatic nitrogens is 2. The number of thiophene rings is 1. The lowest BCUT2D eigenvalue weighted by molar-refractivity contribution is 0.0606. The zero-order chi connectivity index (χ0) is 15.5. The van der Waals surface area contributed by atoms with E-state index in [1.54, 1.807) is 6.07 Å². The molecular weight excluding hydrogens is 298 g/mol. The van der Waals surface area contributed by atoms with Crippen molar-refractivity contribution in [2.75, 3.05) is 18.6 Å². The molecule has 0 spiro atoms. The lowest BCUT2D eigenvalue weighted by Crippen LogP contribution is -2.17. The summed E-state index contributed by atoms with van der Waals surface area (Å²) >= 11 is 1.31. The number of ether oxygens (including phenoxy) is 1. The number of para-hydroxylation sites is 1. The van der Waals surface area contributed by atoms with Crippen LogP contribution in [-0.4, -0.2) is 29.6 Å². The van der Waals surface area contributed by atoms with Gasteiger partial charge in [0.2, 0.25) is 0 Å². The molecule has 112 valence electrons. The number of carbonyl (C=O) groups excluding carboxylic acids is 1. The van der Waals surface area contributed by atoms with Crippen LogP contribution in [0.1, 0.15) is 16.6 Å². The molecule has 0 unspecified atom stereocenters. The van der Waals surface area contributed by atoms with Crippen LogP contribution in [0.3, 0.4) is 0 Å². The van der Waals surface area contributed by atoms with Gasteiger partial charge >= 0.3 is 5.97 Å². The van der Waals surface area contributed by atoms with Crippen LogP contribution in [-0.2, 0) is 4.74 Å². The molecule has 0 amide bonds. The van der Waals surface area contributed by atoms with Crippen LogP contribution < -0.4 is 4.90 Å². The van der Waals surface area contributed by atoms with Crippen molar-refractivity contribution in [2.45, 2.75) is 6.92 Å². The van der Waals surface area contributed by atoms with E-state index in [-0.39, 0.29) is 5.97 Å². The van der Waals surface area contributed by atoms with Crippen molar-refractivity contribution in [2.24, 2.45) is 0 Å². The molecule has 0 saturated heterocycles. The number of fused-ring (bicyclic) bond motifs is 1. The summed E-state index contributed by atoms with van der Waals surface area (Å²) in [6.45, 7) is 2.83. The first-order chi connectivity index (χ1) is 10.7. The van der Waals surface area contributed by atoms with Crippen molar-refractivity contribution in [3.63, 3.8) is 0 Å². The first-order valence-electron chi connectivity index (χ1n) is 6.90. The van der Waals surface area contributed by atoms with Gasteiger partial charge in [-0.15, -0.1) is 11.3 Å². The Balaban J connectivity index is 2.13. The molecule has 0 N–H and O–H groups in total. The van der Waals surface area contributed by atoms with Crippen molar-refractivity contribution in [1.82, 2.24) is 9.97 Å². The number of hydrogen-bond donors (Lipinski definition) is 0. The summed E-state index contributed by atoms with van der Waals surface area (Å²) in [7, 11) is 1.38. The van der Waals surface area contributed by atoms with E-state index in [2.05, 4.69) is 21.8 Å². The summed E-state index contributed by atoms with van der Waals surface area (Å²) in [5.41, 5.74) is 1.05. The Kier molecular flexibility index (Phi) is 4.02. The van der Waals surface area contributed by atoms with E-state index < -0.39 is 0 Å². The number of esters is 1. The minimum absolute atomic E-state index is 0.350. The maximum atomic E-state index is 11.7. The van der Waals surface area contributed by atoms with Gasteiger partial charge in [0.1, 0.15) is 21.9 Å². The van der Waals surface area contributed by atoms with Crippen LogP contribution in [0, 0.1) is 0 Å². The van der Waals surface area contributed by atoms with Gasteiger partial charge in [-0.2, -0.15) is 0 Å². The molecule has 5 nitrogen and oxygen atoms in total. The fourth-order valence-corrected chi connectivity index (χ4v) is 3.23. The highest BCUT2D eigenvalue weighted by Gasteiger charge is 2.18. The van der Waals surface area contributed by atoms with Gasteiger partial charge < -0.3 is 9.64 Å². The number of hydrogen-bond acceptors (Lipinski definition) is 6. The molecule has 1 aromatic carbocycles. The van der Waals surface area contributed by atoms with Gasteiger partial charge in [0.05, 0.1) is 12.5 Å². The Morgan fingerprint density at radius 1 is 1.27 bits per heavy atom. The average Bonchev–Trinajstić information content (AvgIpc) is 3.01. The summed E-state index contributed by atoms with van der Waals surface area (Å²) in [6.07, 6.45) is 1.53. The standard InChI is InChI=1S/C16H15N3O2S/c1-3-19(11-7-5-4-6-8-11)14-12-9-13(16(20)21-2)22-15(12)18-10-17-14/h4-10H,3H2,1-2H3. The van der Waals surface area contributed by atoms with Gasteiger partial charge in [-0.1, -0.05) is 18.2 Å². The minimum Gasteiger partial charge on any atom is -0.465 e. The molecule has 0 aliphatic rings. The minimum atomic E-state index is -0.350. The molecule has 0 radical (unpaired) electrons. The van der Waals surface area contributed by atoms with E-state index in [9.17, 15) is 4.79 Å². The normalized spacial score (nSPS) is 10.6. The third-order valence-electron chi connectivity index (χ3n) is 3.33. The molecule has 0 aliphatic heterocycles. The quantitative estimate of drug-likeness (QED) is 0.688. The van der Waals surface area contributed by atoms with Crippen LogP contribution in [0.4, 0.5) is 11.5 Å². The Labute approximate surface area is 132 Å². The Hall–Kier alpha value is -2.47. The van der Waals surface area contributed by atoms with Gasteiger partial charge in [-0.05, 0) is 25.1 Å². The number of rotatable bonds is 4. The highest BCUT2D eigenvalue weighted by Crippen LogP contribution is 2.33. The van der Waals surface area contributed by atoms with E-state index >= 15 is 0 Å². The van der Waals surface area contributed by atoms with Crippen LogP contribution >= 0.6 is 11.3 Å². The molecule has 0 bridgehead atoms. The molecule has 3 aromatic rings. The number of anilines is 2. The van der Waals surface area contributed by atoms with E-state index in [1.807, 2.05) is 30.3 Å². The third kappa shape index (κ3) is 2.53. The number of carbonyl (C=O) groups is 1. The summed E-state index contributed by atoms with van der Waals surface area (Å²) < 4.78 is 4.79. The molecule has 6 heteroatoms. The lowest BCUT2D eigenvalue weighted by atomic mass is 10.2. The summed E-state index contributed by atoms with van der Waals surface area (Å²) in [6, 6.07) is 11.8. The highest BCUT2D eigenvalue weighted by atomic mass is 32.1. The smallest absolute Gasteiger partial charge is 0.348 e. The van der Waals surface area contributed by atoms with Gasteiger partial charge in [0, 0.05) is 12.2 Å². The Bertz CT molecular complexity index is 802. The van der Waals surface area contributed by atoms with Gasteiger partial charge in [-0.3, -0.25) is 0 Å². The van der Waals surface area contributed by atoms with E-state index in [0.717, 1.165) is 28.3 Å². The van der Waals surface area contributed by atoms with Crippen LogP contribution in [0.5, 0.6) is 0 Å². The molecule has 2 aromatic heterocycles. The average molecular weight is 313 g/mol. The molecule has 0 saturated carbocycles. The molecule has 0 atom stereocenters. The predicted octanol–water partition coefficient (Wildman–Crippen LogP) is 3.64. The summed E-state index contributed by atoms with van der Waals surface area (Å²) in [5.74, 6) is 0.446. The molecule has 2 heterocycles. The Morgan fingerprint density at radius 2 is 2.05 bits per heavy atom. The van der Waals surface area contributed by atoms with Crippen LogP contribution in [0.2, 0.25) is 0 Å². The zero-order valence-electron chi connectivity index (χ0n) is 12.3. The third-order valence-corrected chi connectivity index (χ3v) is 4.36. The van der Waals surface area contributed by atoms with Crippen molar-refractivity contribution < 1.29 is 9.53 Å². The monoisotopic (exact) mass is 313 g/mol. The maximum absolute atomic E-state index is 11.7. The fraction of sp³-hybridized carbons (Fsp3) is 0.188. The molecule has 3 rings (SSSR count). The first-order valence-corrected chi connectivity index (χ1v) is 7.71. The summed E-state index contributed by atoms with van der Waals surface area (Å²) in [4.78, 5) is 23.8. The maximum Gasteiger partial charge on any atom is 0.348 e. The van der Waals surface area contributed by atoms with Crippen molar-refractivity contribution in [3.8, 4) is 0 Å². The van der Waals surface area contributed by atoms with E-state index in [0.29, 0.717) is 4.88 Å². The fourth-order valence-electron chi connectivity index (χ4n) is 2.32. The van der Waals surface area contributed by atoms with Gasteiger partial charge in [0.25, 0.3) is 0 Å².